The number of aliphatic hydroxyl groups excluding tert-OH is 1. The molecule has 0 aromatic carbocycles. The van der Waals surface area contributed by atoms with Gasteiger partial charge < -0.3 is 10.8 Å². The Balaban J connectivity index is 3.62. The SMILES string of the molecule is CCC(N)(CO)CCCSC(C)C(C)C. The van der Waals surface area contributed by atoms with Crippen LogP contribution in [0.2, 0.25) is 0 Å². The molecule has 3 N–H and O–H groups in total. The van der Waals surface area contributed by atoms with Crippen molar-refractivity contribution >= 4 is 11.8 Å². The second kappa shape index (κ2) is 7.53. The van der Waals surface area contributed by atoms with Crippen molar-refractivity contribution in [3.8, 4) is 0 Å². The van der Waals surface area contributed by atoms with Crippen LogP contribution < -0.4 is 5.73 Å². The molecule has 2 atom stereocenters. The smallest absolute Gasteiger partial charge is 0.0611 e. The number of hydrogen-bond donors (Lipinski definition) is 2. The molecule has 0 rings (SSSR count). The maximum Gasteiger partial charge on any atom is 0.0611 e. The summed E-state index contributed by atoms with van der Waals surface area (Å²) < 4.78 is 0. The van der Waals surface area contributed by atoms with Gasteiger partial charge in [0, 0.05) is 10.8 Å². The lowest BCUT2D eigenvalue weighted by atomic mass is 9.93. The van der Waals surface area contributed by atoms with E-state index in [1.807, 2.05) is 18.7 Å². The fraction of sp³-hybridized carbons (Fsp3) is 1.00. The number of hydrogen-bond acceptors (Lipinski definition) is 3. The average Bonchev–Trinajstić information content (AvgIpc) is 2.23. The predicted octanol–water partition coefficient (Wildman–Crippen LogP) is 2.64. The summed E-state index contributed by atoms with van der Waals surface area (Å²) in [4.78, 5) is 0. The Morgan fingerprint density at radius 3 is 2.33 bits per heavy atom. The van der Waals surface area contributed by atoms with Gasteiger partial charge in [-0.15, -0.1) is 0 Å². The molecule has 0 spiro atoms. The molecule has 0 aromatic rings. The largest absolute Gasteiger partial charge is 0.394 e. The predicted molar refractivity (Wildman–Crippen MR) is 70.3 cm³/mol. The van der Waals surface area contributed by atoms with Crippen molar-refractivity contribution in [1.82, 2.24) is 0 Å². The summed E-state index contributed by atoms with van der Waals surface area (Å²) in [5.74, 6) is 1.89. The van der Waals surface area contributed by atoms with Crippen LogP contribution >= 0.6 is 11.8 Å². The molecule has 0 aliphatic rings. The maximum absolute atomic E-state index is 9.15. The Hall–Kier alpha value is 0.270. The van der Waals surface area contributed by atoms with Gasteiger partial charge in [-0.3, -0.25) is 0 Å². The van der Waals surface area contributed by atoms with E-state index >= 15 is 0 Å². The molecule has 0 fully saturated rings. The second-order valence-electron chi connectivity index (χ2n) is 4.80. The molecular formula is C12H27NOS. The fourth-order valence-corrected chi connectivity index (χ4v) is 2.32. The molecule has 3 heteroatoms. The van der Waals surface area contributed by atoms with Gasteiger partial charge in [-0.2, -0.15) is 11.8 Å². The van der Waals surface area contributed by atoms with Gasteiger partial charge in [-0.05, 0) is 30.9 Å². The quantitative estimate of drug-likeness (QED) is 0.634. The van der Waals surface area contributed by atoms with E-state index in [1.165, 1.54) is 0 Å². The first-order valence-corrected chi connectivity index (χ1v) is 7.01. The summed E-state index contributed by atoms with van der Waals surface area (Å²) in [6.45, 7) is 8.93. The molecule has 0 saturated carbocycles. The molecule has 0 saturated heterocycles. The highest BCUT2D eigenvalue weighted by molar-refractivity contribution is 7.99. The van der Waals surface area contributed by atoms with Crippen LogP contribution in [0.1, 0.15) is 47.0 Å². The third-order valence-corrected chi connectivity index (χ3v) is 4.75. The van der Waals surface area contributed by atoms with Crippen LogP contribution in [-0.4, -0.2) is 28.3 Å². The van der Waals surface area contributed by atoms with Crippen molar-refractivity contribution in [2.75, 3.05) is 12.4 Å². The van der Waals surface area contributed by atoms with E-state index in [1.54, 1.807) is 0 Å². The van der Waals surface area contributed by atoms with E-state index in [2.05, 4.69) is 20.8 Å². The summed E-state index contributed by atoms with van der Waals surface area (Å²) in [5.41, 5.74) is 5.67. The molecule has 0 radical (unpaired) electrons. The normalized spacial score (nSPS) is 17.8. The molecular weight excluding hydrogens is 206 g/mol. The number of thioether (sulfide) groups is 1. The van der Waals surface area contributed by atoms with Crippen molar-refractivity contribution in [2.24, 2.45) is 11.7 Å². The maximum atomic E-state index is 9.15. The van der Waals surface area contributed by atoms with Crippen LogP contribution in [0.3, 0.4) is 0 Å². The Morgan fingerprint density at radius 1 is 1.33 bits per heavy atom. The Bertz CT molecular complexity index is 158. The van der Waals surface area contributed by atoms with Crippen LogP contribution in [0.25, 0.3) is 0 Å². The fourth-order valence-electron chi connectivity index (χ4n) is 1.25. The van der Waals surface area contributed by atoms with Crippen molar-refractivity contribution in [1.29, 1.82) is 0 Å². The van der Waals surface area contributed by atoms with E-state index in [0.717, 1.165) is 30.9 Å². The van der Waals surface area contributed by atoms with E-state index in [-0.39, 0.29) is 12.1 Å². The highest BCUT2D eigenvalue weighted by atomic mass is 32.2. The minimum absolute atomic E-state index is 0.105. The van der Waals surface area contributed by atoms with Crippen molar-refractivity contribution in [3.05, 3.63) is 0 Å². The van der Waals surface area contributed by atoms with Gasteiger partial charge in [0.2, 0.25) is 0 Å². The van der Waals surface area contributed by atoms with Gasteiger partial charge in [0.25, 0.3) is 0 Å². The molecule has 15 heavy (non-hydrogen) atoms. The number of rotatable bonds is 8. The van der Waals surface area contributed by atoms with E-state index in [4.69, 9.17) is 10.8 Å². The van der Waals surface area contributed by atoms with Gasteiger partial charge >= 0.3 is 0 Å². The monoisotopic (exact) mass is 233 g/mol. The van der Waals surface area contributed by atoms with Gasteiger partial charge in [0.05, 0.1) is 6.61 Å². The molecule has 0 heterocycles. The van der Waals surface area contributed by atoms with Crippen molar-refractivity contribution in [3.63, 3.8) is 0 Å². The molecule has 2 unspecified atom stereocenters. The Kier molecular flexibility index (Phi) is 7.66. The third-order valence-electron chi connectivity index (χ3n) is 3.16. The molecule has 0 amide bonds. The molecule has 0 bridgehead atoms. The van der Waals surface area contributed by atoms with E-state index in [9.17, 15) is 0 Å². The molecule has 0 aliphatic heterocycles. The summed E-state index contributed by atoms with van der Waals surface area (Å²) in [6, 6.07) is 0. The minimum atomic E-state index is -0.346. The first kappa shape index (κ1) is 15.3. The summed E-state index contributed by atoms with van der Waals surface area (Å²) in [7, 11) is 0. The highest BCUT2D eigenvalue weighted by Crippen LogP contribution is 2.22. The lowest BCUT2D eigenvalue weighted by molar-refractivity contribution is 0.182. The number of aliphatic hydroxyl groups is 1. The van der Waals surface area contributed by atoms with Gasteiger partial charge in [0.1, 0.15) is 0 Å². The minimum Gasteiger partial charge on any atom is -0.394 e. The molecule has 0 aliphatic carbocycles. The van der Waals surface area contributed by atoms with E-state index < -0.39 is 0 Å². The zero-order chi connectivity index (χ0) is 11.9. The van der Waals surface area contributed by atoms with Crippen LogP contribution in [0.15, 0.2) is 0 Å². The van der Waals surface area contributed by atoms with Crippen molar-refractivity contribution in [2.45, 2.75) is 57.7 Å². The van der Waals surface area contributed by atoms with Gasteiger partial charge in [-0.25, -0.2) is 0 Å². The van der Waals surface area contributed by atoms with Crippen LogP contribution in [0.5, 0.6) is 0 Å². The third kappa shape index (κ3) is 6.44. The lowest BCUT2D eigenvalue weighted by Gasteiger charge is -2.25. The Morgan fingerprint density at radius 2 is 1.93 bits per heavy atom. The van der Waals surface area contributed by atoms with Crippen LogP contribution in [-0.2, 0) is 0 Å². The molecule has 92 valence electrons. The summed E-state index contributed by atoms with van der Waals surface area (Å²) in [5, 5.41) is 9.87. The lowest BCUT2D eigenvalue weighted by Crippen LogP contribution is -2.43. The van der Waals surface area contributed by atoms with Crippen molar-refractivity contribution < 1.29 is 5.11 Å². The second-order valence-corrected chi connectivity index (χ2v) is 6.28. The highest BCUT2D eigenvalue weighted by Gasteiger charge is 2.20. The number of nitrogens with two attached hydrogens (primary N) is 1. The molecule has 0 aromatic heterocycles. The summed E-state index contributed by atoms with van der Waals surface area (Å²) in [6.07, 6.45) is 2.89. The zero-order valence-corrected chi connectivity index (χ0v) is 11.4. The van der Waals surface area contributed by atoms with Crippen LogP contribution in [0, 0.1) is 5.92 Å². The first-order chi connectivity index (χ1) is 6.95. The standard InChI is InChI=1S/C12H27NOS/c1-5-12(13,9-14)7-6-8-15-11(4)10(2)3/h10-11,14H,5-9,13H2,1-4H3. The van der Waals surface area contributed by atoms with Gasteiger partial charge in [-0.1, -0.05) is 27.7 Å². The Labute approximate surface area is 99.0 Å². The zero-order valence-electron chi connectivity index (χ0n) is 10.6. The average molecular weight is 233 g/mol. The van der Waals surface area contributed by atoms with Gasteiger partial charge in [0.15, 0.2) is 0 Å². The molecule has 2 nitrogen and oxygen atoms in total. The first-order valence-electron chi connectivity index (χ1n) is 5.96. The summed E-state index contributed by atoms with van der Waals surface area (Å²) >= 11 is 2.01. The topological polar surface area (TPSA) is 46.2 Å². The van der Waals surface area contributed by atoms with E-state index in [0.29, 0.717) is 5.25 Å². The van der Waals surface area contributed by atoms with Crippen LogP contribution in [0.4, 0.5) is 0 Å².